The van der Waals surface area contributed by atoms with Crippen LogP contribution in [0, 0.1) is 13.8 Å². The molecule has 1 heteroatoms. The van der Waals surface area contributed by atoms with Gasteiger partial charge in [-0.3, -0.25) is 0 Å². The summed E-state index contributed by atoms with van der Waals surface area (Å²) in [5.74, 6) is 0. The Hall–Kier alpha value is -2.15. The van der Waals surface area contributed by atoms with Gasteiger partial charge < -0.3 is 0 Å². The van der Waals surface area contributed by atoms with Crippen LogP contribution in [-0.2, 0) is 7.05 Å². The molecule has 0 aliphatic carbocycles. The highest BCUT2D eigenvalue weighted by Crippen LogP contribution is 2.28. The van der Waals surface area contributed by atoms with Gasteiger partial charge in [0, 0.05) is 11.6 Å². The van der Waals surface area contributed by atoms with Gasteiger partial charge in [0.15, 0.2) is 6.20 Å². The van der Waals surface area contributed by atoms with Gasteiger partial charge >= 0.3 is 0 Å². The van der Waals surface area contributed by atoms with E-state index in [4.69, 9.17) is 1.37 Å². The number of rotatable bonds is 1. The average Bonchev–Trinajstić information content (AvgIpc) is 2.42. The maximum Gasteiger partial charge on any atom is 0.220 e. The Kier molecular flexibility index (Phi) is 2.55. The summed E-state index contributed by atoms with van der Waals surface area (Å²) < 4.78 is 9.94. The second-order valence-electron chi connectivity index (χ2n) is 5.11. The number of nitrogens with zero attached hydrogens (tertiary/aromatic N) is 1. The van der Waals surface area contributed by atoms with E-state index >= 15 is 0 Å². The third-order valence-corrected chi connectivity index (χ3v) is 3.63. The summed E-state index contributed by atoms with van der Waals surface area (Å²) in [6.07, 6.45) is 2.07. The Morgan fingerprint density at radius 1 is 1.05 bits per heavy atom. The van der Waals surface area contributed by atoms with E-state index in [0.717, 1.165) is 5.39 Å². The molecule has 0 aliphatic rings. The number of aromatic nitrogens is 1. The van der Waals surface area contributed by atoms with Crippen molar-refractivity contribution in [3.8, 4) is 11.3 Å². The first-order valence-corrected chi connectivity index (χ1v) is 6.53. The van der Waals surface area contributed by atoms with Crippen LogP contribution in [-0.4, -0.2) is 0 Å². The van der Waals surface area contributed by atoms with Gasteiger partial charge in [-0.05, 0) is 36.9 Å². The van der Waals surface area contributed by atoms with Crippen molar-refractivity contribution in [2.45, 2.75) is 13.8 Å². The Morgan fingerprint density at radius 3 is 2.74 bits per heavy atom. The normalized spacial score (nSPS) is 11.6. The first-order chi connectivity index (χ1) is 9.56. The van der Waals surface area contributed by atoms with Crippen molar-refractivity contribution < 1.29 is 5.94 Å². The van der Waals surface area contributed by atoms with Crippen LogP contribution in [0.3, 0.4) is 0 Å². The standard InChI is InChI=1S/C18H18N/c1-13-8-9-14(2)17(12-13)18-16-7-5-4-6-15(16)10-11-19(18)3/h4-12H,1-3H3/q+1/i4D. The van der Waals surface area contributed by atoms with E-state index < -0.39 is 0 Å². The maximum atomic E-state index is 7.78. The van der Waals surface area contributed by atoms with E-state index in [2.05, 4.69) is 62.0 Å². The molecule has 94 valence electrons. The topological polar surface area (TPSA) is 3.88 Å². The molecule has 0 unspecified atom stereocenters. The van der Waals surface area contributed by atoms with Gasteiger partial charge in [-0.1, -0.05) is 35.9 Å². The van der Waals surface area contributed by atoms with Crippen LogP contribution in [0.4, 0.5) is 0 Å². The predicted octanol–water partition coefficient (Wildman–Crippen LogP) is 3.95. The lowest BCUT2D eigenvalue weighted by Gasteiger charge is -2.08. The summed E-state index contributed by atoms with van der Waals surface area (Å²) in [7, 11) is 2.07. The van der Waals surface area contributed by atoms with Crippen LogP contribution in [0.25, 0.3) is 22.0 Å². The van der Waals surface area contributed by atoms with Crippen LogP contribution < -0.4 is 4.57 Å². The first-order valence-electron chi connectivity index (χ1n) is 7.03. The third kappa shape index (κ3) is 2.01. The van der Waals surface area contributed by atoms with Crippen molar-refractivity contribution in [1.29, 1.82) is 0 Å². The van der Waals surface area contributed by atoms with Gasteiger partial charge in [0.05, 0.1) is 6.76 Å². The number of hydrogen-bond donors (Lipinski definition) is 0. The largest absolute Gasteiger partial charge is 0.220 e. The van der Waals surface area contributed by atoms with Crippen molar-refractivity contribution in [2.75, 3.05) is 0 Å². The average molecular weight is 249 g/mol. The van der Waals surface area contributed by atoms with Gasteiger partial charge in [-0.25, -0.2) is 4.57 Å². The third-order valence-electron chi connectivity index (χ3n) is 3.63. The summed E-state index contributed by atoms with van der Waals surface area (Å²) >= 11 is 0. The van der Waals surface area contributed by atoms with Crippen molar-refractivity contribution in [3.05, 3.63) is 65.8 Å². The minimum absolute atomic E-state index is 0.554. The monoisotopic (exact) mass is 249 g/mol. The summed E-state index contributed by atoms with van der Waals surface area (Å²) in [5.41, 5.74) is 5.01. The number of fused-ring (bicyclic) bond motifs is 1. The molecule has 0 fully saturated rings. The molecule has 3 rings (SSSR count). The maximum absolute atomic E-state index is 7.78. The van der Waals surface area contributed by atoms with E-state index in [0.29, 0.717) is 6.04 Å². The van der Waals surface area contributed by atoms with Gasteiger partial charge in [0.1, 0.15) is 7.05 Å². The molecule has 0 radical (unpaired) electrons. The van der Waals surface area contributed by atoms with E-state index in [1.165, 1.54) is 27.8 Å². The molecule has 19 heavy (non-hydrogen) atoms. The lowest BCUT2D eigenvalue weighted by Crippen LogP contribution is -2.30. The fraction of sp³-hybridized carbons (Fsp3) is 0.167. The second-order valence-corrected chi connectivity index (χ2v) is 5.11. The molecular formula is C18H18N+. The van der Waals surface area contributed by atoms with Crippen LogP contribution in [0.15, 0.2) is 54.7 Å². The molecule has 0 saturated heterocycles. The van der Waals surface area contributed by atoms with Crippen molar-refractivity contribution in [3.63, 3.8) is 0 Å². The molecular weight excluding hydrogens is 230 g/mol. The SMILES string of the molecule is [2H]c1ccc2c(-c3cc(C)ccc3C)[n+](C)ccc2c1. The molecule has 1 aromatic heterocycles. The van der Waals surface area contributed by atoms with Crippen LogP contribution in [0.2, 0.25) is 0 Å². The molecule has 0 amide bonds. The highest BCUT2D eigenvalue weighted by Gasteiger charge is 2.16. The summed E-state index contributed by atoms with van der Waals surface area (Å²) in [5, 5.41) is 2.31. The first kappa shape index (κ1) is 10.7. The zero-order chi connectivity index (χ0) is 14.3. The Labute approximate surface area is 115 Å². The predicted molar refractivity (Wildman–Crippen MR) is 80.0 cm³/mol. The molecule has 2 aromatic carbocycles. The zero-order valence-electron chi connectivity index (χ0n) is 12.6. The highest BCUT2D eigenvalue weighted by molar-refractivity contribution is 5.93. The van der Waals surface area contributed by atoms with E-state index in [9.17, 15) is 0 Å². The molecule has 0 atom stereocenters. The Morgan fingerprint density at radius 2 is 1.89 bits per heavy atom. The van der Waals surface area contributed by atoms with E-state index in [1.54, 1.807) is 0 Å². The lowest BCUT2D eigenvalue weighted by atomic mass is 9.98. The number of hydrogen-bond acceptors (Lipinski definition) is 0. The molecule has 0 saturated carbocycles. The number of aryl methyl sites for hydroxylation is 3. The van der Waals surface area contributed by atoms with Crippen LogP contribution >= 0.6 is 0 Å². The van der Waals surface area contributed by atoms with Gasteiger partial charge in [0.25, 0.3) is 0 Å². The summed E-state index contributed by atoms with van der Waals surface area (Å²) in [6, 6.07) is 15.0. The van der Waals surface area contributed by atoms with Gasteiger partial charge in [-0.15, -0.1) is 0 Å². The Balaban J connectivity index is 2.40. The Bertz CT molecular complexity index is 806. The fourth-order valence-electron chi connectivity index (χ4n) is 2.58. The van der Waals surface area contributed by atoms with Crippen LogP contribution in [0.1, 0.15) is 12.5 Å². The highest BCUT2D eigenvalue weighted by atomic mass is 14.9. The minimum Gasteiger partial charge on any atom is -0.200 e. The molecule has 1 nitrogen and oxygen atoms in total. The van der Waals surface area contributed by atoms with Crippen LogP contribution in [0.5, 0.6) is 0 Å². The second kappa shape index (κ2) is 4.51. The summed E-state index contributed by atoms with van der Waals surface area (Å²) in [4.78, 5) is 0. The quantitative estimate of drug-likeness (QED) is 0.575. The zero-order valence-corrected chi connectivity index (χ0v) is 11.6. The molecule has 1 heterocycles. The lowest BCUT2D eigenvalue weighted by molar-refractivity contribution is -0.659. The fourth-order valence-corrected chi connectivity index (χ4v) is 2.58. The molecule has 3 aromatic rings. The molecule has 0 spiro atoms. The number of benzene rings is 2. The van der Waals surface area contributed by atoms with E-state index in [1.807, 2.05) is 12.1 Å². The minimum atomic E-state index is 0.554. The van der Waals surface area contributed by atoms with Gasteiger partial charge in [0.2, 0.25) is 5.69 Å². The molecule has 0 bridgehead atoms. The van der Waals surface area contributed by atoms with Crippen molar-refractivity contribution in [2.24, 2.45) is 7.05 Å². The van der Waals surface area contributed by atoms with E-state index in [-0.39, 0.29) is 0 Å². The smallest absolute Gasteiger partial charge is 0.200 e. The molecule has 0 N–H and O–H groups in total. The van der Waals surface area contributed by atoms with Crippen molar-refractivity contribution >= 4 is 10.8 Å². The summed E-state index contributed by atoms with van der Waals surface area (Å²) in [6.45, 7) is 4.27. The van der Waals surface area contributed by atoms with Gasteiger partial charge in [-0.2, -0.15) is 0 Å². The van der Waals surface area contributed by atoms with Crippen molar-refractivity contribution in [1.82, 2.24) is 0 Å². The molecule has 0 aliphatic heterocycles. The number of pyridine rings is 1.